The predicted molar refractivity (Wildman–Crippen MR) is 159 cm³/mol. The van der Waals surface area contributed by atoms with Gasteiger partial charge in [-0.2, -0.15) is 17.6 Å². The number of nitrogens with zero attached hydrogens (tertiary/aromatic N) is 2. The van der Waals surface area contributed by atoms with Crippen molar-refractivity contribution in [3.05, 3.63) is 125 Å². The molecule has 2 aliphatic rings. The molecule has 1 unspecified atom stereocenters. The van der Waals surface area contributed by atoms with Gasteiger partial charge in [0.1, 0.15) is 5.75 Å². The lowest BCUT2D eigenvalue weighted by atomic mass is 9.65. The first kappa shape index (κ1) is 25.5. The number of carbonyl (C=O) groups is 1. The zero-order valence-electron chi connectivity index (χ0n) is 22.5. The van der Waals surface area contributed by atoms with Crippen LogP contribution in [-0.2, 0) is 27.7 Å². The second-order valence-corrected chi connectivity index (χ2v) is 12.9. The number of allylic oxidation sites excluding steroid dienone is 2. The Morgan fingerprint density at radius 2 is 1.66 bits per heavy atom. The van der Waals surface area contributed by atoms with E-state index < -0.39 is 10.0 Å². The second-order valence-electron chi connectivity index (χ2n) is 11.2. The zero-order valence-corrected chi connectivity index (χ0v) is 23.4. The van der Waals surface area contributed by atoms with Crippen LogP contribution < -0.4 is 0 Å². The van der Waals surface area contributed by atoms with Crippen molar-refractivity contribution in [1.82, 2.24) is 9.19 Å². The van der Waals surface area contributed by atoms with Crippen LogP contribution >= 0.6 is 0 Å². The SMILES string of the molecule is Cc1ccc(S(=O)(=O)n2ncc3c4c(ccc32)C2=C(c3ccc(O)cc3)C(=O)CCC2(Cc2ccccc2)C4)cc1. The smallest absolute Gasteiger partial charge is 0.283 e. The minimum absolute atomic E-state index is 0.0833. The third kappa shape index (κ3) is 4.03. The zero-order chi connectivity index (χ0) is 28.4. The second kappa shape index (κ2) is 9.28. The van der Waals surface area contributed by atoms with Gasteiger partial charge >= 0.3 is 0 Å². The maximum atomic E-state index is 13.6. The first-order valence-corrected chi connectivity index (χ1v) is 15.1. The number of Topliss-reactive ketones (excluding diaryl/α,β-unsaturated/α-hetero) is 1. The molecule has 1 N–H and O–H groups in total. The summed E-state index contributed by atoms with van der Waals surface area (Å²) in [6.45, 7) is 1.92. The molecule has 0 saturated heterocycles. The lowest BCUT2D eigenvalue weighted by molar-refractivity contribution is -0.114. The summed E-state index contributed by atoms with van der Waals surface area (Å²) >= 11 is 0. The van der Waals surface area contributed by atoms with Crippen molar-refractivity contribution in [2.45, 2.75) is 37.5 Å². The molecule has 5 aromatic rings. The van der Waals surface area contributed by atoms with Crippen LogP contribution in [-0.4, -0.2) is 28.5 Å². The number of aryl methyl sites for hydroxylation is 1. The summed E-state index contributed by atoms with van der Waals surface area (Å²) in [5, 5.41) is 15.1. The molecular weight excluding hydrogens is 532 g/mol. The highest BCUT2D eigenvalue weighted by Gasteiger charge is 2.48. The summed E-state index contributed by atoms with van der Waals surface area (Å²) in [5.74, 6) is 0.230. The number of benzene rings is 4. The van der Waals surface area contributed by atoms with Gasteiger partial charge in [0, 0.05) is 22.8 Å². The topological polar surface area (TPSA) is 89.3 Å². The Morgan fingerprint density at radius 1 is 0.927 bits per heavy atom. The molecule has 4 aromatic carbocycles. The van der Waals surface area contributed by atoms with Crippen LogP contribution in [0, 0.1) is 12.3 Å². The van der Waals surface area contributed by atoms with Crippen molar-refractivity contribution < 1.29 is 18.3 Å². The Bertz CT molecular complexity index is 1970. The number of carbonyl (C=O) groups excluding carboxylic acids is 1. The van der Waals surface area contributed by atoms with Crippen LogP contribution in [0.3, 0.4) is 0 Å². The van der Waals surface area contributed by atoms with Crippen molar-refractivity contribution in [2.24, 2.45) is 5.41 Å². The Morgan fingerprint density at radius 3 is 2.39 bits per heavy atom. The van der Waals surface area contributed by atoms with E-state index in [-0.39, 0.29) is 21.8 Å². The van der Waals surface area contributed by atoms with Crippen molar-refractivity contribution in [3.8, 4) is 5.75 Å². The first-order valence-electron chi connectivity index (χ1n) is 13.7. The highest BCUT2D eigenvalue weighted by Crippen LogP contribution is 2.58. The molecule has 1 aromatic heterocycles. The number of hydrogen-bond donors (Lipinski definition) is 1. The van der Waals surface area contributed by atoms with Crippen LogP contribution in [0.2, 0.25) is 0 Å². The Labute approximate surface area is 238 Å². The average Bonchev–Trinajstić information content (AvgIpc) is 3.55. The number of aromatic nitrogens is 2. The molecule has 0 saturated carbocycles. The summed E-state index contributed by atoms with van der Waals surface area (Å²) in [4.78, 5) is 13.8. The van der Waals surface area contributed by atoms with Crippen LogP contribution in [0.1, 0.15) is 40.7 Å². The van der Waals surface area contributed by atoms with E-state index >= 15 is 0 Å². The fraction of sp³-hybridized carbons (Fsp3) is 0.176. The van der Waals surface area contributed by atoms with Gasteiger partial charge in [-0.15, -0.1) is 0 Å². The molecule has 2 aliphatic carbocycles. The van der Waals surface area contributed by atoms with Gasteiger partial charge in [-0.3, -0.25) is 4.79 Å². The number of fused-ring (bicyclic) bond motifs is 5. The summed E-state index contributed by atoms with van der Waals surface area (Å²) in [6.07, 6.45) is 4.20. The predicted octanol–water partition coefficient (Wildman–Crippen LogP) is 6.35. The molecule has 204 valence electrons. The highest BCUT2D eigenvalue weighted by molar-refractivity contribution is 7.90. The molecule has 0 fully saturated rings. The molecule has 0 bridgehead atoms. The van der Waals surface area contributed by atoms with E-state index in [1.807, 2.05) is 37.3 Å². The average molecular weight is 561 g/mol. The summed E-state index contributed by atoms with van der Waals surface area (Å²) in [6, 6.07) is 27.7. The van der Waals surface area contributed by atoms with Gasteiger partial charge in [-0.05, 0) is 84.3 Å². The standard InChI is InChI=1S/C34H28N2O4S/c1-22-7-13-26(14-8-22)41(39,40)36-30-16-15-27-28(29(30)21-35-36)20-34(19-23-5-3-2-4-6-23)18-17-31(38)32(33(27)34)24-9-11-25(37)12-10-24/h2-16,21,37H,17-20H2,1H3. The maximum absolute atomic E-state index is 13.6. The van der Waals surface area contributed by atoms with Crippen LogP contribution in [0.15, 0.2) is 102 Å². The maximum Gasteiger partial charge on any atom is 0.283 e. The monoisotopic (exact) mass is 560 g/mol. The van der Waals surface area contributed by atoms with Crippen molar-refractivity contribution in [1.29, 1.82) is 0 Å². The molecule has 0 amide bonds. The Hall–Kier alpha value is -4.49. The van der Waals surface area contributed by atoms with E-state index in [0.717, 1.165) is 43.7 Å². The Balaban J connectivity index is 1.45. The fourth-order valence-electron chi connectivity index (χ4n) is 6.66. The van der Waals surface area contributed by atoms with E-state index in [0.29, 0.717) is 30.4 Å². The van der Waals surface area contributed by atoms with E-state index in [9.17, 15) is 18.3 Å². The molecule has 6 nitrogen and oxygen atoms in total. The molecule has 41 heavy (non-hydrogen) atoms. The molecule has 0 aliphatic heterocycles. The van der Waals surface area contributed by atoms with Crippen molar-refractivity contribution in [3.63, 3.8) is 0 Å². The van der Waals surface area contributed by atoms with Crippen molar-refractivity contribution in [2.75, 3.05) is 0 Å². The lowest BCUT2D eigenvalue weighted by Gasteiger charge is -2.37. The lowest BCUT2D eigenvalue weighted by Crippen LogP contribution is -2.30. The normalized spacial score (nSPS) is 18.5. The number of phenols is 1. The number of rotatable bonds is 5. The molecule has 1 atom stereocenters. The first-order chi connectivity index (χ1) is 19.8. The minimum atomic E-state index is -3.90. The third-order valence-electron chi connectivity index (χ3n) is 8.59. The van der Waals surface area contributed by atoms with Gasteiger partial charge in [0.25, 0.3) is 10.0 Å². The number of ketones is 1. The van der Waals surface area contributed by atoms with Crippen LogP contribution in [0.5, 0.6) is 5.75 Å². The van der Waals surface area contributed by atoms with E-state index in [4.69, 9.17) is 0 Å². The van der Waals surface area contributed by atoms with Crippen LogP contribution in [0.25, 0.3) is 22.0 Å². The van der Waals surface area contributed by atoms with Gasteiger partial charge < -0.3 is 5.11 Å². The van der Waals surface area contributed by atoms with E-state index in [1.165, 1.54) is 5.56 Å². The Kier molecular flexibility index (Phi) is 5.77. The molecule has 1 heterocycles. The quantitative estimate of drug-likeness (QED) is 0.271. The third-order valence-corrected chi connectivity index (χ3v) is 10.2. The fourth-order valence-corrected chi connectivity index (χ4v) is 7.93. The molecule has 7 heteroatoms. The molecule has 7 rings (SSSR count). The van der Waals surface area contributed by atoms with Crippen molar-refractivity contribution >= 4 is 37.9 Å². The number of phenolic OH excluding ortho intramolecular Hbond substituents is 1. The summed E-state index contributed by atoms with van der Waals surface area (Å²) in [5.41, 5.74) is 6.82. The van der Waals surface area contributed by atoms with Gasteiger partial charge in [0.2, 0.25) is 0 Å². The highest BCUT2D eigenvalue weighted by atomic mass is 32.2. The summed E-state index contributed by atoms with van der Waals surface area (Å²) < 4.78 is 28.3. The van der Waals surface area contributed by atoms with Gasteiger partial charge in [0.05, 0.1) is 16.6 Å². The minimum Gasteiger partial charge on any atom is -0.508 e. The number of hydrogen-bond acceptors (Lipinski definition) is 5. The largest absolute Gasteiger partial charge is 0.508 e. The van der Waals surface area contributed by atoms with Gasteiger partial charge in [0.15, 0.2) is 5.78 Å². The van der Waals surface area contributed by atoms with Gasteiger partial charge in [-0.1, -0.05) is 66.2 Å². The summed E-state index contributed by atoms with van der Waals surface area (Å²) in [7, 11) is -3.90. The van der Waals surface area contributed by atoms with Gasteiger partial charge in [-0.25, -0.2) is 0 Å². The van der Waals surface area contributed by atoms with Crippen LogP contribution in [0.4, 0.5) is 0 Å². The molecular formula is C34H28N2O4S. The number of aromatic hydroxyl groups is 1. The molecule has 0 spiro atoms. The molecule has 0 radical (unpaired) electrons. The van der Waals surface area contributed by atoms with E-state index in [2.05, 4.69) is 17.2 Å². The van der Waals surface area contributed by atoms with E-state index in [1.54, 1.807) is 54.7 Å².